The number of nitrogens with zero attached hydrogens (tertiary/aromatic N) is 5. The number of hydrogen-bond donors (Lipinski definition) is 2. The molecule has 11 heteroatoms. The molecule has 1 aliphatic rings. The molecule has 1 aliphatic heterocycles. The van der Waals surface area contributed by atoms with Crippen LogP contribution in [0, 0.1) is 11.3 Å². The van der Waals surface area contributed by atoms with Gasteiger partial charge in [-0.3, -0.25) is 14.8 Å². The lowest BCUT2D eigenvalue weighted by atomic mass is 9.75. The second-order valence-electron chi connectivity index (χ2n) is 7.90. The van der Waals surface area contributed by atoms with E-state index in [1.165, 1.54) is 11.8 Å². The Hall–Kier alpha value is -4.01. The first-order chi connectivity index (χ1) is 18.3. The summed E-state index contributed by atoms with van der Waals surface area (Å²) in [6, 6.07) is 13.3. The third-order valence-corrected chi connectivity index (χ3v) is 6.78. The molecule has 0 spiro atoms. The number of carbonyl (C=O) groups is 3. The molecule has 0 radical (unpaired) electrons. The molecule has 38 heavy (non-hydrogen) atoms. The predicted octanol–water partition coefficient (Wildman–Crippen LogP) is 3.15. The second kappa shape index (κ2) is 14.7. The van der Waals surface area contributed by atoms with E-state index in [4.69, 9.17) is 10.2 Å². The zero-order valence-corrected chi connectivity index (χ0v) is 22.4. The Balaban J connectivity index is 0.000000550. The summed E-state index contributed by atoms with van der Waals surface area (Å²) in [5.41, 5.74) is 0.156. The minimum Gasteiger partial charge on any atom is -0.478 e. The lowest BCUT2D eigenvalue weighted by molar-refractivity contribution is -0.134. The Morgan fingerprint density at radius 1 is 1.03 bits per heavy atom. The van der Waals surface area contributed by atoms with Gasteiger partial charge in [-0.05, 0) is 43.1 Å². The summed E-state index contributed by atoms with van der Waals surface area (Å²) in [6.45, 7) is 9.34. The van der Waals surface area contributed by atoms with Crippen LogP contribution in [-0.2, 0) is 19.8 Å². The van der Waals surface area contributed by atoms with E-state index in [1.807, 2.05) is 43.3 Å². The van der Waals surface area contributed by atoms with Crippen LogP contribution in [0.5, 0.6) is 0 Å². The maximum atomic E-state index is 14.1. The highest BCUT2D eigenvalue weighted by atomic mass is 32.2. The summed E-state index contributed by atoms with van der Waals surface area (Å²) in [5.74, 6) is -1.91. The number of hydrogen-bond acceptors (Lipinski definition) is 8. The topological polar surface area (TPSA) is 148 Å². The van der Waals surface area contributed by atoms with Crippen LogP contribution in [0.2, 0.25) is 0 Å². The summed E-state index contributed by atoms with van der Waals surface area (Å²) in [4.78, 5) is 46.3. The molecule has 0 saturated carbocycles. The van der Waals surface area contributed by atoms with Crippen LogP contribution in [-0.4, -0.2) is 79.8 Å². The van der Waals surface area contributed by atoms with Gasteiger partial charge in [-0.1, -0.05) is 32.9 Å². The first kappa shape index (κ1) is 30.2. The Labute approximate surface area is 226 Å². The SMILES string of the molecule is CCSC1=C(C#N)C(c2ccccn2)(c2ccccn2)C(=O)N1CCN(CC)CC.O=C(O)/C=C/C(=O)O. The van der Waals surface area contributed by atoms with Gasteiger partial charge in [0.05, 0.1) is 28.1 Å². The van der Waals surface area contributed by atoms with Crippen molar-refractivity contribution in [2.75, 3.05) is 31.9 Å². The zero-order chi connectivity index (χ0) is 28.1. The van der Waals surface area contributed by atoms with Crippen molar-refractivity contribution in [3.05, 3.63) is 82.9 Å². The van der Waals surface area contributed by atoms with E-state index in [0.29, 0.717) is 40.7 Å². The average molecular weight is 538 g/mol. The van der Waals surface area contributed by atoms with Crippen molar-refractivity contribution in [3.8, 4) is 6.07 Å². The number of amides is 1. The molecule has 2 aromatic heterocycles. The standard InChI is InChI=1S/C23H27N5OS.C4H4O4/c1-4-27(5-2)15-16-28-21(30-6-3)18(17-24)23(22(28)29,19-11-7-9-13-25-19)20-12-8-10-14-26-20;5-3(6)1-2-4(7)8/h7-14H,4-6,15-16H2,1-3H3;1-2H,(H,5,6)(H,7,8)/b;2-1+. The Morgan fingerprint density at radius 2 is 1.55 bits per heavy atom. The number of aromatic nitrogens is 2. The van der Waals surface area contributed by atoms with Gasteiger partial charge >= 0.3 is 11.9 Å². The van der Waals surface area contributed by atoms with E-state index in [2.05, 4.69) is 34.8 Å². The number of pyridine rings is 2. The molecular formula is C27H31N5O5S. The maximum Gasteiger partial charge on any atom is 0.328 e. The number of likely N-dealkylation sites (N-methyl/N-ethyl adjacent to an activating group) is 1. The summed E-state index contributed by atoms with van der Waals surface area (Å²) < 4.78 is 0. The molecule has 0 atom stereocenters. The minimum atomic E-state index is -1.32. The van der Waals surface area contributed by atoms with E-state index in [9.17, 15) is 19.6 Å². The first-order valence-corrected chi connectivity index (χ1v) is 13.0. The van der Waals surface area contributed by atoms with E-state index in [-0.39, 0.29) is 5.91 Å². The highest BCUT2D eigenvalue weighted by molar-refractivity contribution is 8.03. The summed E-state index contributed by atoms with van der Waals surface area (Å²) in [5, 5.41) is 26.6. The second-order valence-corrected chi connectivity index (χ2v) is 9.15. The lowest BCUT2D eigenvalue weighted by Gasteiger charge is -2.29. The van der Waals surface area contributed by atoms with Crippen molar-refractivity contribution in [1.29, 1.82) is 5.26 Å². The van der Waals surface area contributed by atoms with Gasteiger partial charge < -0.3 is 20.0 Å². The van der Waals surface area contributed by atoms with Crippen molar-refractivity contribution >= 4 is 29.6 Å². The van der Waals surface area contributed by atoms with Gasteiger partial charge in [0, 0.05) is 37.6 Å². The van der Waals surface area contributed by atoms with Crippen molar-refractivity contribution in [1.82, 2.24) is 19.8 Å². The van der Waals surface area contributed by atoms with Crippen LogP contribution in [0.25, 0.3) is 0 Å². The van der Waals surface area contributed by atoms with Crippen molar-refractivity contribution in [2.45, 2.75) is 26.2 Å². The van der Waals surface area contributed by atoms with Gasteiger partial charge in [-0.15, -0.1) is 11.8 Å². The third-order valence-electron chi connectivity index (χ3n) is 5.79. The van der Waals surface area contributed by atoms with Crippen molar-refractivity contribution < 1.29 is 24.6 Å². The van der Waals surface area contributed by atoms with Crippen LogP contribution in [0.1, 0.15) is 32.2 Å². The van der Waals surface area contributed by atoms with E-state index >= 15 is 0 Å². The number of carboxylic acid groups (broad SMARTS) is 2. The van der Waals surface area contributed by atoms with Gasteiger partial charge in [0.15, 0.2) is 5.41 Å². The molecule has 0 aromatic carbocycles. The molecule has 0 saturated heterocycles. The van der Waals surface area contributed by atoms with Crippen LogP contribution in [0.15, 0.2) is 71.5 Å². The van der Waals surface area contributed by atoms with Crippen LogP contribution in [0.3, 0.4) is 0 Å². The molecule has 3 rings (SSSR count). The van der Waals surface area contributed by atoms with Crippen LogP contribution >= 0.6 is 11.8 Å². The van der Waals surface area contributed by atoms with E-state index < -0.39 is 17.4 Å². The van der Waals surface area contributed by atoms with Gasteiger partial charge in [-0.25, -0.2) is 9.59 Å². The van der Waals surface area contributed by atoms with E-state index in [1.54, 1.807) is 17.3 Å². The van der Waals surface area contributed by atoms with Crippen LogP contribution < -0.4 is 0 Å². The maximum absolute atomic E-state index is 14.1. The molecule has 0 bridgehead atoms. The number of nitriles is 1. The summed E-state index contributed by atoms with van der Waals surface area (Å²) in [6.07, 6.45) is 4.44. The fourth-order valence-electron chi connectivity index (χ4n) is 4.02. The Kier molecular flexibility index (Phi) is 11.7. The largest absolute Gasteiger partial charge is 0.478 e. The van der Waals surface area contributed by atoms with Crippen molar-refractivity contribution in [2.24, 2.45) is 0 Å². The zero-order valence-electron chi connectivity index (χ0n) is 21.6. The molecule has 10 nitrogen and oxygen atoms in total. The van der Waals surface area contributed by atoms with Gasteiger partial charge in [0.2, 0.25) is 0 Å². The van der Waals surface area contributed by atoms with Gasteiger partial charge in [0.25, 0.3) is 5.91 Å². The summed E-state index contributed by atoms with van der Waals surface area (Å²) >= 11 is 1.53. The summed E-state index contributed by atoms with van der Waals surface area (Å²) in [7, 11) is 0. The van der Waals surface area contributed by atoms with Gasteiger partial charge in [0.1, 0.15) is 0 Å². The number of carboxylic acids is 2. The molecule has 2 aromatic rings. The quantitative estimate of drug-likeness (QED) is 0.410. The molecule has 0 fully saturated rings. The molecule has 3 heterocycles. The number of thioether (sulfide) groups is 1. The Morgan fingerprint density at radius 3 is 1.92 bits per heavy atom. The van der Waals surface area contributed by atoms with E-state index in [0.717, 1.165) is 25.4 Å². The molecule has 200 valence electrons. The lowest BCUT2D eigenvalue weighted by Crippen LogP contribution is -2.45. The van der Waals surface area contributed by atoms with Crippen LogP contribution in [0.4, 0.5) is 0 Å². The van der Waals surface area contributed by atoms with Gasteiger partial charge in [-0.2, -0.15) is 5.26 Å². The molecule has 2 N–H and O–H groups in total. The molecule has 0 unspecified atom stereocenters. The number of rotatable bonds is 11. The van der Waals surface area contributed by atoms with Crippen molar-refractivity contribution in [3.63, 3.8) is 0 Å². The number of carbonyl (C=O) groups excluding carboxylic acids is 1. The fourth-order valence-corrected chi connectivity index (χ4v) is 4.96. The fraction of sp³-hybridized carbons (Fsp3) is 0.333. The predicted molar refractivity (Wildman–Crippen MR) is 144 cm³/mol. The molecule has 1 amide bonds. The molecule has 0 aliphatic carbocycles. The number of aliphatic carboxylic acids is 2. The average Bonchev–Trinajstić information content (AvgIpc) is 3.17. The minimum absolute atomic E-state index is 0.153. The monoisotopic (exact) mass is 537 g/mol. The third kappa shape index (κ3) is 6.85. The smallest absolute Gasteiger partial charge is 0.328 e. The Bertz CT molecular complexity index is 1150. The normalized spacial score (nSPS) is 14.4. The highest BCUT2D eigenvalue weighted by Crippen LogP contribution is 2.49. The first-order valence-electron chi connectivity index (χ1n) is 12.1. The molecular weight excluding hydrogens is 506 g/mol. The highest BCUT2D eigenvalue weighted by Gasteiger charge is 2.57.